The predicted octanol–water partition coefficient (Wildman–Crippen LogP) is 4.65. The maximum absolute atomic E-state index is 11.2. The van der Waals surface area contributed by atoms with Crippen LogP contribution in [0.1, 0.15) is 66.2 Å². The molecule has 0 heterocycles. The Labute approximate surface area is 117 Å². The van der Waals surface area contributed by atoms with E-state index in [2.05, 4.69) is 20.8 Å². The third-order valence-corrected chi connectivity index (χ3v) is 6.09. The SMILES string of the molecule is CC[C@H]1CC[C@H]2CCC(=C(C)C(=O)O)C[C@H]2C1(C)C. The summed E-state index contributed by atoms with van der Waals surface area (Å²) < 4.78 is 0. The van der Waals surface area contributed by atoms with Crippen molar-refractivity contribution in [3.8, 4) is 0 Å². The van der Waals surface area contributed by atoms with Crippen LogP contribution in [0, 0.1) is 23.2 Å². The molecule has 2 fully saturated rings. The molecule has 0 unspecified atom stereocenters. The number of carboxylic acids is 1. The molecule has 2 rings (SSSR count). The lowest BCUT2D eigenvalue weighted by Crippen LogP contribution is -2.43. The summed E-state index contributed by atoms with van der Waals surface area (Å²) in [6.07, 6.45) is 7.20. The molecule has 0 radical (unpaired) electrons. The largest absolute Gasteiger partial charge is 0.478 e. The van der Waals surface area contributed by atoms with E-state index in [4.69, 9.17) is 0 Å². The number of hydrogen-bond donors (Lipinski definition) is 1. The van der Waals surface area contributed by atoms with Crippen LogP contribution < -0.4 is 0 Å². The lowest BCUT2D eigenvalue weighted by molar-refractivity contribution is -0.132. The van der Waals surface area contributed by atoms with Gasteiger partial charge in [-0.05, 0) is 62.2 Å². The van der Waals surface area contributed by atoms with Gasteiger partial charge in [0.15, 0.2) is 0 Å². The highest BCUT2D eigenvalue weighted by molar-refractivity contribution is 5.86. The highest BCUT2D eigenvalue weighted by atomic mass is 16.4. The van der Waals surface area contributed by atoms with Crippen LogP contribution in [-0.4, -0.2) is 11.1 Å². The number of aliphatic carboxylic acids is 1. The quantitative estimate of drug-likeness (QED) is 0.737. The molecular formula is C17H28O2. The van der Waals surface area contributed by atoms with Crippen molar-refractivity contribution in [1.29, 1.82) is 0 Å². The average molecular weight is 264 g/mol. The third kappa shape index (κ3) is 2.59. The van der Waals surface area contributed by atoms with Gasteiger partial charge in [0.2, 0.25) is 0 Å². The fraction of sp³-hybridized carbons (Fsp3) is 0.824. The summed E-state index contributed by atoms with van der Waals surface area (Å²) in [7, 11) is 0. The molecule has 2 aliphatic carbocycles. The van der Waals surface area contributed by atoms with Gasteiger partial charge in [-0.15, -0.1) is 0 Å². The first kappa shape index (κ1) is 14.6. The molecule has 0 aromatic heterocycles. The minimum Gasteiger partial charge on any atom is -0.478 e. The molecule has 0 bridgehead atoms. The molecular weight excluding hydrogens is 236 g/mol. The summed E-state index contributed by atoms with van der Waals surface area (Å²) in [6.45, 7) is 8.91. The van der Waals surface area contributed by atoms with E-state index in [0.29, 0.717) is 16.9 Å². The first-order valence-corrected chi connectivity index (χ1v) is 7.79. The smallest absolute Gasteiger partial charge is 0.331 e. The Morgan fingerprint density at radius 2 is 2.00 bits per heavy atom. The molecule has 1 N–H and O–H groups in total. The second-order valence-electron chi connectivity index (χ2n) is 7.15. The Balaban J connectivity index is 2.24. The van der Waals surface area contributed by atoms with Crippen LogP contribution in [0.3, 0.4) is 0 Å². The van der Waals surface area contributed by atoms with E-state index < -0.39 is 5.97 Å². The summed E-state index contributed by atoms with van der Waals surface area (Å²) in [4.78, 5) is 11.2. The Morgan fingerprint density at radius 1 is 1.32 bits per heavy atom. The fourth-order valence-electron chi connectivity index (χ4n) is 4.62. The van der Waals surface area contributed by atoms with Crippen molar-refractivity contribution in [2.75, 3.05) is 0 Å². The van der Waals surface area contributed by atoms with Crippen molar-refractivity contribution in [3.63, 3.8) is 0 Å². The molecule has 3 atom stereocenters. The molecule has 0 amide bonds. The van der Waals surface area contributed by atoms with Gasteiger partial charge in [-0.3, -0.25) is 0 Å². The number of rotatable bonds is 2. The molecule has 0 aromatic carbocycles. The minimum atomic E-state index is -0.728. The van der Waals surface area contributed by atoms with Gasteiger partial charge in [0.1, 0.15) is 0 Å². The zero-order chi connectivity index (χ0) is 14.2. The molecule has 19 heavy (non-hydrogen) atoms. The van der Waals surface area contributed by atoms with Gasteiger partial charge in [-0.2, -0.15) is 0 Å². The monoisotopic (exact) mass is 264 g/mol. The van der Waals surface area contributed by atoms with Crippen LogP contribution in [0.4, 0.5) is 0 Å². The van der Waals surface area contributed by atoms with E-state index >= 15 is 0 Å². The number of carbonyl (C=O) groups is 1. The maximum atomic E-state index is 11.2. The molecule has 0 spiro atoms. The summed E-state index contributed by atoms with van der Waals surface area (Å²) in [5, 5.41) is 9.20. The van der Waals surface area contributed by atoms with Gasteiger partial charge in [-0.1, -0.05) is 32.8 Å². The first-order valence-electron chi connectivity index (χ1n) is 7.79. The van der Waals surface area contributed by atoms with Crippen LogP contribution in [0.25, 0.3) is 0 Å². The van der Waals surface area contributed by atoms with Crippen LogP contribution in [-0.2, 0) is 4.79 Å². The summed E-state index contributed by atoms with van der Waals surface area (Å²) in [6, 6.07) is 0. The fourth-order valence-corrected chi connectivity index (χ4v) is 4.62. The Bertz CT molecular complexity index is 392. The van der Waals surface area contributed by atoms with E-state index in [-0.39, 0.29) is 0 Å². The normalized spacial score (nSPS) is 36.5. The molecule has 2 heteroatoms. The maximum Gasteiger partial charge on any atom is 0.331 e. The molecule has 0 aromatic rings. The van der Waals surface area contributed by atoms with Crippen molar-refractivity contribution in [2.24, 2.45) is 23.2 Å². The Hall–Kier alpha value is -0.790. The standard InChI is InChI=1S/C17H28O2/c1-5-14-9-8-12-6-7-13(11(2)16(18)19)10-15(12)17(14,3)4/h12,14-15H,5-10H2,1-4H3,(H,18,19)/t12-,14+,15-/m1/s1. The summed E-state index contributed by atoms with van der Waals surface area (Å²) in [5.41, 5.74) is 2.17. The van der Waals surface area contributed by atoms with Gasteiger partial charge in [0.25, 0.3) is 0 Å². The third-order valence-electron chi connectivity index (χ3n) is 6.09. The number of carboxylic acid groups (broad SMARTS) is 1. The second kappa shape index (κ2) is 5.30. The zero-order valence-electron chi connectivity index (χ0n) is 12.8. The number of allylic oxidation sites excluding steroid dienone is 1. The van der Waals surface area contributed by atoms with E-state index in [9.17, 15) is 9.90 Å². The van der Waals surface area contributed by atoms with Crippen molar-refractivity contribution < 1.29 is 9.90 Å². The van der Waals surface area contributed by atoms with E-state index in [1.807, 2.05) is 0 Å². The topological polar surface area (TPSA) is 37.3 Å². The molecule has 0 aliphatic heterocycles. The van der Waals surface area contributed by atoms with Crippen LogP contribution in [0.5, 0.6) is 0 Å². The number of hydrogen-bond acceptors (Lipinski definition) is 1. The second-order valence-corrected chi connectivity index (χ2v) is 7.15. The van der Waals surface area contributed by atoms with Gasteiger partial charge >= 0.3 is 5.97 Å². The lowest BCUT2D eigenvalue weighted by Gasteiger charge is -2.52. The zero-order valence-corrected chi connectivity index (χ0v) is 12.8. The lowest BCUT2D eigenvalue weighted by atomic mass is 9.53. The molecule has 108 valence electrons. The minimum absolute atomic E-state index is 0.363. The van der Waals surface area contributed by atoms with E-state index in [1.165, 1.54) is 31.3 Å². The van der Waals surface area contributed by atoms with Crippen molar-refractivity contribution in [1.82, 2.24) is 0 Å². The summed E-state index contributed by atoms with van der Waals surface area (Å²) >= 11 is 0. The Morgan fingerprint density at radius 3 is 2.58 bits per heavy atom. The molecule has 2 nitrogen and oxygen atoms in total. The summed E-state index contributed by atoms with van der Waals surface area (Å²) in [5.74, 6) is 1.58. The van der Waals surface area contributed by atoms with Crippen molar-refractivity contribution in [2.45, 2.75) is 66.2 Å². The average Bonchev–Trinajstić information content (AvgIpc) is 2.37. The van der Waals surface area contributed by atoms with Crippen LogP contribution in [0.2, 0.25) is 0 Å². The van der Waals surface area contributed by atoms with Gasteiger partial charge in [0, 0.05) is 5.57 Å². The van der Waals surface area contributed by atoms with Crippen LogP contribution >= 0.6 is 0 Å². The van der Waals surface area contributed by atoms with Crippen LogP contribution in [0.15, 0.2) is 11.1 Å². The van der Waals surface area contributed by atoms with E-state index in [1.54, 1.807) is 6.92 Å². The number of fused-ring (bicyclic) bond motifs is 1. The molecule has 0 saturated heterocycles. The highest BCUT2D eigenvalue weighted by Crippen LogP contribution is 2.55. The Kier molecular flexibility index (Phi) is 4.08. The van der Waals surface area contributed by atoms with Gasteiger partial charge in [0.05, 0.1) is 0 Å². The van der Waals surface area contributed by atoms with E-state index in [0.717, 1.165) is 24.7 Å². The molecule has 2 saturated carbocycles. The van der Waals surface area contributed by atoms with Gasteiger partial charge < -0.3 is 5.11 Å². The first-order chi connectivity index (χ1) is 8.87. The van der Waals surface area contributed by atoms with Crippen molar-refractivity contribution >= 4 is 5.97 Å². The molecule has 2 aliphatic rings. The highest BCUT2D eigenvalue weighted by Gasteiger charge is 2.46. The van der Waals surface area contributed by atoms with Crippen molar-refractivity contribution in [3.05, 3.63) is 11.1 Å². The predicted molar refractivity (Wildman–Crippen MR) is 78.0 cm³/mol. The van der Waals surface area contributed by atoms with Gasteiger partial charge in [-0.25, -0.2) is 4.79 Å².